The fraction of sp³-hybridized carbons (Fsp3) is 0.348. The van der Waals surface area contributed by atoms with Crippen LogP contribution in [0.25, 0.3) is 0 Å². The summed E-state index contributed by atoms with van der Waals surface area (Å²) in [6, 6.07) is 19.4. The van der Waals surface area contributed by atoms with Gasteiger partial charge in [-0.3, -0.25) is 14.4 Å². The summed E-state index contributed by atoms with van der Waals surface area (Å²) < 4.78 is 0. The fourth-order valence-electron chi connectivity index (χ4n) is 3.81. The molecule has 0 bridgehead atoms. The van der Waals surface area contributed by atoms with Gasteiger partial charge in [0.25, 0.3) is 0 Å². The second-order valence-corrected chi connectivity index (χ2v) is 7.52. The molecule has 5 nitrogen and oxygen atoms in total. The van der Waals surface area contributed by atoms with Crippen molar-refractivity contribution in [2.75, 3.05) is 14.1 Å². The number of benzene rings is 2. The zero-order valence-corrected chi connectivity index (χ0v) is 16.4. The molecule has 0 heterocycles. The highest BCUT2D eigenvalue weighted by Gasteiger charge is 2.44. The lowest BCUT2D eigenvalue weighted by molar-refractivity contribution is -0.144. The smallest absolute Gasteiger partial charge is 0.226 e. The van der Waals surface area contributed by atoms with Gasteiger partial charge < -0.3 is 9.80 Å². The van der Waals surface area contributed by atoms with E-state index in [0.717, 1.165) is 11.1 Å². The summed E-state index contributed by atoms with van der Waals surface area (Å²) in [7, 11) is 3.46. The molecule has 28 heavy (non-hydrogen) atoms. The first-order chi connectivity index (χ1) is 13.5. The molecular formula is C23H26N2O3. The predicted molar refractivity (Wildman–Crippen MR) is 107 cm³/mol. The molecule has 0 aliphatic heterocycles. The van der Waals surface area contributed by atoms with E-state index >= 15 is 0 Å². The largest absolute Gasteiger partial charge is 0.341 e. The van der Waals surface area contributed by atoms with Crippen molar-refractivity contribution in [3.8, 4) is 0 Å². The van der Waals surface area contributed by atoms with Crippen molar-refractivity contribution >= 4 is 17.6 Å². The second kappa shape index (κ2) is 8.83. The number of Topliss-reactive ketones (excluding diaryl/α,β-unsaturated/α-hetero) is 1. The summed E-state index contributed by atoms with van der Waals surface area (Å²) in [6.45, 7) is 0.927. The zero-order valence-electron chi connectivity index (χ0n) is 16.4. The molecule has 1 fully saturated rings. The molecule has 0 spiro atoms. The highest BCUT2D eigenvalue weighted by Crippen LogP contribution is 2.32. The van der Waals surface area contributed by atoms with Crippen LogP contribution in [0, 0.1) is 11.8 Å². The van der Waals surface area contributed by atoms with Gasteiger partial charge in [-0.05, 0) is 11.1 Å². The van der Waals surface area contributed by atoms with E-state index in [-0.39, 0.29) is 30.4 Å². The van der Waals surface area contributed by atoms with Crippen molar-refractivity contribution in [1.29, 1.82) is 0 Å². The average molecular weight is 378 g/mol. The molecule has 2 unspecified atom stereocenters. The molecule has 1 saturated carbocycles. The van der Waals surface area contributed by atoms with E-state index in [4.69, 9.17) is 0 Å². The van der Waals surface area contributed by atoms with E-state index in [1.165, 1.54) is 0 Å². The average Bonchev–Trinajstić information content (AvgIpc) is 3.09. The highest BCUT2D eigenvalue weighted by atomic mass is 16.2. The number of amides is 2. The van der Waals surface area contributed by atoms with E-state index in [1.807, 2.05) is 60.7 Å². The van der Waals surface area contributed by atoms with Gasteiger partial charge in [0.05, 0.1) is 11.8 Å². The molecule has 0 aromatic heterocycles. The van der Waals surface area contributed by atoms with Crippen LogP contribution in [0.2, 0.25) is 0 Å². The number of hydrogen-bond acceptors (Lipinski definition) is 3. The van der Waals surface area contributed by atoms with Crippen molar-refractivity contribution in [1.82, 2.24) is 9.80 Å². The van der Waals surface area contributed by atoms with E-state index in [2.05, 4.69) is 0 Å². The maximum absolute atomic E-state index is 13.0. The molecular weight excluding hydrogens is 352 g/mol. The van der Waals surface area contributed by atoms with E-state index in [1.54, 1.807) is 23.9 Å². The molecule has 0 saturated heterocycles. The van der Waals surface area contributed by atoms with Gasteiger partial charge in [-0.2, -0.15) is 0 Å². The Balaban J connectivity index is 1.68. The first-order valence-corrected chi connectivity index (χ1v) is 9.55. The Morgan fingerprint density at radius 1 is 0.750 bits per heavy atom. The topological polar surface area (TPSA) is 57.7 Å². The quantitative estimate of drug-likeness (QED) is 0.777. The minimum absolute atomic E-state index is 0.0158. The minimum Gasteiger partial charge on any atom is -0.341 e. The van der Waals surface area contributed by atoms with Crippen LogP contribution in [0.3, 0.4) is 0 Å². The van der Waals surface area contributed by atoms with Gasteiger partial charge in [0.15, 0.2) is 0 Å². The number of rotatable bonds is 6. The number of hydrogen-bond donors (Lipinski definition) is 0. The van der Waals surface area contributed by atoms with Gasteiger partial charge in [-0.25, -0.2) is 0 Å². The van der Waals surface area contributed by atoms with E-state index in [0.29, 0.717) is 13.1 Å². The third-order valence-electron chi connectivity index (χ3n) is 5.29. The molecule has 5 heteroatoms. The van der Waals surface area contributed by atoms with Crippen molar-refractivity contribution in [3.05, 3.63) is 71.8 Å². The normalized spacial score (nSPS) is 18.7. The number of carbonyl (C=O) groups is 3. The maximum atomic E-state index is 13.0. The third kappa shape index (κ3) is 4.66. The maximum Gasteiger partial charge on any atom is 0.226 e. The Hall–Kier alpha value is -2.95. The number of carbonyl (C=O) groups excluding carboxylic acids is 3. The van der Waals surface area contributed by atoms with Gasteiger partial charge in [0, 0.05) is 40.0 Å². The van der Waals surface area contributed by atoms with Gasteiger partial charge in [-0.15, -0.1) is 0 Å². The number of nitrogens with zero attached hydrogens (tertiary/aromatic N) is 2. The molecule has 2 aromatic carbocycles. The van der Waals surface area contributed by atoms with Crippen LogP contribution in [0.5, 0.6) is 0 Å². The molecule has 2 aromatic rings. The molecule has 1 aliphatic rings. The monoisotopic (exact) mass is 378 g/mol. The SMILES string of the molecule is CN(Cc1ccccc1)C(=O)C1CC(=O)CC1C(=O)N(C)Cc1ccccc1. The van der Waals surface area contributed by atoms with Crippen molar-refractivity contribution < 1.29 is 14.4 Å². The summed E-state index contributed by atoms with van der Waals surface area (Å²) in [4.78, 5) is 41.3. The van der Waals surface area contributed by atoms with Crippen molar-refractivity contribution in [2.45, 2.75) is 25.9 Å². The van der Waals surface area contributed by atoms with Crippen LogP contribution < -0.4 is 0 Å². The minimum atomic E-state index is -0.577. The lowest BCUT2D eigenvalue weighted by atomic mass is 9.93. The molecule has 0 N–H and O–H groups in total. The van der Waals surface area contributed by atoms with Crippen LogP contribution in [0.4, 0.5) is 0 Å². The van der Waals surface area contributed by atoms with Crippen LogP contribution >= 0.6 is 0 Å². The Morgan fingerprint density at radius 3 is 1.46 bits per heavy atom. The van der Waals surface area contributed by atoms with Gasteiger partial charge in [0.1, 0.15) is 5.78 Å². The van der Waals surface area contributed by atoms with Crippen molar-refractivity contribution in [2.24, 2.45) is 11.8 Å². The Morgan fingerprint density at radius 2 is 1.11 bits per heavy atom. The summed E-state index contributed by atoms with van der Waals surface area (Å²) in [5, 5.41) is 0. The summed E-state index contributed by atoms with van der Waals surface area (Å²) >= 11 is 0. The molecule has 2 amide bonds. The molecule has 1 aliphatic carbocycles. The zero-order chi connectivity index (χ0) is 20.1. The fourth-order valence-corrected chi connectivity index (χ4v) is 3.81. The lowest BCUT2D eigenvalue weighted by Gasteiger charge is -2.27. The lowest BCUT2D eigenvalue weighted by Crippen LogP contribution is -2.40. The summed E-state index contributed by atoms with van der Waals surface area (Å²) in [5.74, 6) is -1.45. The van der Waals surface area contributed by atoms with Crippen molar-refractivity contribution in [3.63, 3.8) is 0 Å². The van der Waals surface area contributed by atoms with Gasteiger partial charge >= 0.3 is 0 Å². The molecule has 146 valence electrons. The predicted octanol–water partition coefficient (Wildman–Crippen LogP) is 2.90. The van der Waals surface area contributed by atoms with E-state index in [9.17, 15) is 14.4 Å². The molecule has 0 radical (unpaired) electrons. The second-order valence-electron chi connectivity index (χ2n) is 7.52. The summed E-state index contributed by atoms with van der Waals surface area (Å²) in [6.07, 6.45) is 0.293. The van der Waals surface area contributed by atoms with Crippen LogP contribution in [0.1, 0.15) is 24.0 Å². The van der Waals surface area contributed by atoms with Gasteiger partial charge in [-0.1, -0.05) is 60.7 Å². The Labute approximate surface area is 166 Å². The standard InChI is InChI=1S/C23H26N2O3/c1-24(15-17-9-5-3-6-10-17)22(27)20-13-19(26)14-21(20)23(28)25(2)16-18-11-7-4-8-12-18/h3-12,20-21H,13-16H2,1-2H3. The third-order valence-corrected chi connectivity index (χ3v) is 5.29. The van der Waals surface area contributed by atoms with E-state index < -0.39 is 11.8 Å². The first kappa shape index (κ1) is 19.8. The number of ketones is 1. The van der Waals surface area contributed by atoms with Crippen LogP contribution in [-0.4, -0.2) is 41.5 Å². The van der Waals surface area contributed by atoms with Crippen LogP contribution in [0.15, 0.2) is 60.7 Å². The van der Waals surface area contributed by atoms with Gasteiger partial charge in [0.2, 0.25) is 11.8 Å². The first-order valence-electron chi connectivity index (χ1n) is 9.55. The Bertz CT molecular complexity index is 766. The molecule has 2 atom stereocenters. The molecule has 3 rings (SSSR count). The summed E-state index contributed by atoms with van der Waals surface area (Å²) in [5.41, 5.74) is 2.04. The Kier molecular flexibility index (Phi) is 6.24. The van der Waals surface area contributed by atoms with Crippen LogP contribution in [-0.2, 0) is 27.5 Å². The highest BCUT2D eigenvalue weighted by molar-refractivity contribution is 5.98.